The maximum Gasteiger partial charge on any atom is 0.303 e. The summed E-state index contributed by atoms with van der Waals surface area (Å²) in [5, 5.41) is 11.3. The van der Waals surface area contributed by atoms with E-state index in [2.05, 4.69) is 5.32 Å². The number of hydrogen-bond donors (Lipinski definition) is 2. The quantitative estimate of drug-likeness (QED) is 0.832. The van der Waals surface area contributed by atoms with E-state index in [9.17, 15) is 14.0 Å². The van der Waals surface area contributed by atoms with Gasteiger partial charge in [-0.1, -0.05) is 19.9 Å². The molecule has 0 fully saturated rings. The van der Waals surface area contributed by atoms with Gasteiger partial charge < -0.3 is 10.4 Å². The highest BCUT2D eigenvalue weighted by atomic mass is 19.1. The van der Waals surface area contributed by atoms with Gasteiger partial charge in [0.1, 0.15) is 5.82 Å². The summed E-state index contributed by atoms with van der Waals surface area (Å²) in [5.41, 5.74) is 0.381. The average Bonchev–Trinajstić information content (AvgIpc) is 2.28. The fraction of sp³-hybridized carbons (Fsp3) is 0.429. The van der Waals surface area contributed by atoms with Crippen LogP contribution in [0, 0.1) is 17.7 Å². The normalized spacial score (nSPS) is 12.2. The summed E-state index contributed by atoms with van der Waals surface area (Å²) in [6.07, 6.45) is 0.216. The van der Waals surface area contributed by atoms with Crippen molar-refractivity contribution in [3.8, 4) is 0 Å². The third kappa shape index (κ3) is 5.07. The van der Waals surface area contributed by atoms with Gasteiger partial charge in [0.05, 0.1) is 0 Å². The number of anilines is 1. The second kappa shape index (κ2) is 6.87. The van der Waals surface area contributed by atoms with E-state index in [0.29, 0.717) is 5.69 Å². The number of carbonyl (C=O) groups excluding carboxylic acids is 1. The third-order valence-electron chi connectivity index (χ3n) is 2.90. The lowest BCUT2D eigenvalue weighted by molar-refractivity contribution is -0.137. The highest BCUT2D eigenvalue weighted by molar-refractivity contribution is 5.92. The van der Waals surface area contributed by atoms with Crippen molar-refractivity contribution in [2.24, 2.45) is 11.8 Å². The van der Waals surface area contributed by atoms with Crippen LogP contribution in [0.25, 0.3) is 0 Å². The molecular weight excluding hydrogens is 249 g/mol. The summed E-state index contributed by atoms with van der Waals surface area (Å²) in [6.45, 7) is 3.72. The van der Waals surface area contributed by atoms with Crippen LogP contribution >= 0.6 is 0 Å². The lowest BCUT2D eigenvalue weighted by atomic mass is 9.90. The highest BCUT2D eigenvalue weighted by Crippen LogP contribution is 2.20. The molecule has 1 unspecified atom stereocenters. The van der Waals surface area contributed by atoms with E-state index >= 15 is 0 Å². The van der Waals surface area contributed by atoms with Crippen molar-refractivity contribution in [1.82, 2.24) is 0 Å². The molecule has 0 saturated carbocycles. The number of halogens is 1. The Kier molecular flexibility index (Phi) is 5.48. The summed E-state index contributed by atoms with van der Waals surface area (Å²) >= 11 is 0. The SMILES string of the molecule is CC(C)C(CCC(=O)O)C(=O)Nc1cccc(F)c1. The Morgan fingerprint density at radius 2 is 2.05 bits per heavy atom. The predicted octanol–water partition coefficient (Wildman–Crippen LogP) is 2.90. The monoisotopic (exact) mass is 267 g/mol. The molecule has 0 radical (unpaired) electrons. The fourth-order valence-corrected chi connectivity index (χ4v) is 1.85. The van der Waals surface area contributed by atoms with E-state index in [1.54, 1.807) is 6.07 Å². The van der Waals surface area contributed by atoms with E-state index in [4.69, 9.17) is 5.11 Å². The molecule has 0 heterocycles. The summed E-state index contributed by atoms with van der Waals surface area (Å²) < 4.78 is 13.0. The van der Waals surface area contributed by atoms with E-state index in [1.807, 2.05) is 13.8 Å². The van der Waals surface area contributed by atoms with Crippen LogP contribution in [0.3, 0.4) is 0 Å². The van der Waals surface area contributed by atoms with Gasteiger partial charge in [-0.15, -0.1) is 0 Å². The Labute approximate surface area is 111 Å². The average molecular weight is 267 g/mol. The van der Waals surface area contributed by atoms with Crippen LogP contribution in [-0.2, 0) is 9.59 Å². The first-order valence-corrected chi connectivity index (χ1v) is 6.18. The highest BCUT2D eigenvalue weighted by Gasteiger charge is 2.23. The van der Waals surface area contributed by atoms with Gasteiger partial charge in [0, 0.05) is 18.0 Å². The van der Waals surface area contributed by atoms with Gasteiger partial charge in [0.2, 0.25) is 5.91 Å². The van der Waals surface area contributed by atoms with Gasteiger partial charge in [-0.3, -0.25) is 9.59 Å². The first kappa shape index (κ1) is 15.1. The number of benzene rings is 1. The second-order valence-electron chi connectivity index (χ2n) is 4.78. The molecule has 0 aliphatic carbocycles. The molecular formula is C14H18FNO3. The number of nitrogens with one attached hydrogen (secondary N) is 1. The second-order valence-corrected chi connectivity index (χ2v) is 4.78. The van der Waals surface area contributed by atoms with Gasteiger partial charge in [0.25, 0.3) is 0 Å². The number of carboxylic acids is 1. The maximum absolute atomic E-state index is 13.0. The smallest absolute Gasteiger partial charge is 0.303 e. The standard InChI is InChI=1S/C14H18FNO3/c1-9(2)12(6-7-13(17)18)14(19)16-11-5-3-4-10(15)8-11/h3-5,8-9,12H,6-7H2,1-2H3,(H,16,19)(H,17,18). The van der Waals surface area contributed by atoms with Crippen LogP contribution in [0.15, 0.2) is 24.3 Å². The number of amides is 1. The van der Waals surface area contributed by atoms with Crippen LogP contribution in [0.4, 0.5) is 10.1 Å². The Morgan fingerprint density at radius 1 is 1.37 bits per heavy atom. The molecule has 1 rings (SSSR count). The van der Waals surface area contributed by atoms with Crippen molar-refractivity contribution in [1.29, 1.82) is 0 Å². The molecule has 1 aromatic carbocycles. The number of carboxylic acid groups (broad SMARTS) is 1. The maximum atomic E-state index is 13.0. The minimum absolute atomic E-state index is 0.0212. The van der Waals surface area contributed by atoms with Gasteiger partial charge in [-0.25, -0.2) is 4.39 Å². The van der Waals surface area contributed by atoms with E-state index < -0.39 is 17.7 Å². The molecule has 2 N–H and O–H groups in total. The van der Waals surface area contributed by atoms with Crippen molar-refractivity contribution in [3.63, 3.8) is 0 Å². The molecule has 1 atom stereocenters. The van der Waals surface area contributed by atoms with Crippen molar-refractivity contribution in [2.75, 3.05) is 5.32 Å². The molecule has 19 heavy (non-hydrogen) atoms. The molecule has 0 aliphatic heterocycles. The number of rotatable bonds is 6. The molecule has 0 bridgehead atoms. The summed E-state index contributed by atoms with van der Waals surface area (Å²) in [5.74, 6) is -2.01. The van der Waals surface area contributed by atoms with E-state index in [-0.39, 0.29) is 24.7 Å². The van der Waals surface area contributed by atoms with Gasteiger partial charge >= 0.3 is 5.97 Å². The van der Waals surface area contributed by atoms with Crippen molar-refractivity contribution in [2.45, 2.75) is 26.7 Å². The lowest BCUT2D eigenvalue weighted by Crippen LogP contribution is -2.27. The molecule has 0 spiro atoms. The minimum atomic E-state index is -0.927. The topological polar surface area (TPSA) is 66.4 Å². The zero-order chi connectivity index (χ0) is 14.4. The minimum Gasteiger partial charge on any atom is -0.481 e. The molecule has 1 aromatic rings. The zero-order valence-corrected chi connectivity index (χ0v) is 11.0. The Bertz CT molecular complexity index is 460. The van der Waals surface area contributed by atoms with E-state index in [0.717, 1.165) is 0 Å². The van der Waals surface area contributed by atoms with Crippen LogP contribution in [0.2, 0.25) is 0 Å². The lowest BCUT2D eigenvalue weighted by Gasteiger charge is -2.19. The van der Waals surface area contributed by atoms with Crippen molar-refractivity contribution >= 4 is 17.6 Å². The van der Waals surface area contributed by atoms with Gasteiger partial charge in [-0.05, 0) is 30.5 Å². The van der Waals surface area contributed by atoms with Crippen LogP contribution in [0.1, 0.15) is 26.7 Å². The Hall–Kier alpha value is -1.91. The van der Waals surface area contributed by atoms with Crippen molar-refractivity contribution in [3.05, 3.63) is 30.1 Å². The van der Waals surface area contributed by atoms with E-state index in [1.165, 1.54) is 18.2 Å². The number of aliphatic carboxylic acids is 1. The molecule has 104 valence electrons. The van der Waals surface area contributed by atoms with Gasteiger partial charge in [0.15, 0.2) is 0 Å². The van der Waals surface area contributed by atoms with Crippen molar-refractivity contribution < 1.29 is 19.1 Å². The molecule has 0 aromatic heterocycles. The first-order chi connectivity index (χ1) is 8.90. The Balaban J connectivity index is 2.69. The summed E-state index contributed by atoms with van der Waals surface area (Å²) in [4.78, 5) is 22.6. The molecule has 1 amide bonds. The largest absolute Gasteiger partial charge is 0.481 e. The predicted molar refractivity (Wildman–Crippen MR) is 70.2 cm³/mol. The summed E-state index contributed by atoms with van der Waals surface area (Å²) in [6, 6.07) is 5.62. The molecule has 0 saturated heterocycles. The van der Waals surface area contributed by atoms with Crippen LogP contribution < -0.4 is 5.32 Å². The Morgan fingerprint density at radius 3 is 2.58 bits per heavy atom. The molecule has 5 heteroatoms. The number of carbonyl (C=O) groups is 2. The zero-order valence-electron chi connectivity index (χ0n) is 11.0. The molecule has 4 nitrogen and oxygen atoms in total. The van der Waals surface area contributed by atoms with Gasteiger partial charge in [-0.2, -0.15) is 0 Å². The third-order valence-corrected chi connectivity index (χ3v) is 2.90. The van der Waals surface area contributed by atoms with Crippen LogP contribution in [0.5, 0.6) is 0 Å². The first-order valence-electron chi connectivity index (χ1n) is 6.18. The fourth-order valence-electron chi connectivity index (χ4n) is 1.85. The summed E-state index contributed by atoms with van der Waals surface area (Å²) in [7, 11) is 0. The molecule has 0 aliphatic rings. The number of hydrogen-bond acceptors (Lipinski definition) is 2. The van der Waals surface area contributed by atoms with Crippen LogP contribution in [-0.4, -0.2) is 17.0 Å².